The second-order valence-electron chi connectivity index (χ2n) is 4.75. The lowest BCUT2D eigenvalue weighted by atomic mass is 10.3. The second kappa shape index (κ2) is 8.06. The molecular formula is C10H17BrClN3O5S3. The number of ether oxygens (including phenoxy) is 1. The number of sulfonamides is 2. The zero-order valence-corrected chi connectivity index (χ0v) is 16.7. The van der Waals surface area contributed by atoms with Crippen molar-refractivity contribution < 1.29 is 21.6 Å². The van der Waals surface area contributed by atoms with Crippen LogP contribution >= 0.6 is 39.7 Å². The average Bonchev–Trinajstić information content (AvgIpc) is 2.74. The Bertz CT molecular complexity index is 759. The van der Waals surface area contributed by atoms with E-state index >= 15 is 0 Å². The van der Waals surface area contributed by atoms with Crippen molar-refractivity contribution in [3.05, 3.63) is 9.35 Å². The van der Waals surface area contributed by atoms with Crippen molar-refractivity contribution in [1.29, 1.82) is 0 Å². The smallest absolute Gasteiger partial charge is 0.248 e. The molecule has 0 amide bonds. The second-order valence-corrected chi connectivity index (χ2v) is 9.90. The maximum absolute atomic E-state index is 11.6. The first-order chi connectivity index (χ1) is 10.1. The van der Waals surface area contributed by atoms with E-state index in [4.69, 9.17) is 15.0 Å². The fourth-order valence-corrected chi connectivity index (χ4v) is 7.44. The van der Waals surface area contributed by atoms with Gasteiger partial charge in [0.15, 0.2) is 4.21 Å². The predicted octanol–water partition coefficient (Wildman–Crippen LogP) is 0.102. The Morgan fingerprint density at radius 1 is 1.13 bits per heavy atom. The molecule has 1 aromatic heterocycles. The van der Waals surface area contributed by atoms with Crippen LogP contribution in [0.25, 0.3) is 0 Å². The minimum absolute atomic E-state index is 0. The Labute approximate surface area is 153 Å². The number of hydrogen-bond donors (Lipinski definition) is 2. The third kappa shape index (κ3) is 5.34. The monoisotopic (exact) mass is 469 g/mol. The molecule has 0 aromatic carbocycles. The average molecular weight is 471 g/mol. The molecule has 0 radical (unpaired) electrons. The maximum atomic E-state index is 11.6. The van der Waals surface area contributed by atoms with Crippen molar-refractivity contribution in [3.63, 3.8) is 0 Å². The molecule has 0 bridgehead atoms. The summed E-state index contributed by atoms with van der Waals surface area (Å²) in [5.74, 6) is 0. The summed E-state index contributed by atoms with van der Waals surface area (Å²) >= 11 is 3.98. The highest BCUT2D eigenvalue weighted by atomic mass is 79.9. The minimum atomic E-state index is -4.20. The summed E-state index contributed by atoms with van der Waals surface area (Å²) in [7, 11) is -8.36. The summed E-state index contributed by atoms with van der Waals surface area (Å²) in [6.07, 6.45) is 0.489. The number of hydrogen-bond acceptors (Lipinski definition) is 7. The van der Waals surface area contributed by atoms with Crippen molar-refractivity contribution in [2.24, 2.45) is 10.3 Å². The Morgan fingerprint density at radius 2 is 1.70 bits per heavy atom. The van der Waals surface area contributed by atoms with E-state index in [9.17, 15) is 16.8 Å². The molecule has 0 saturated carbocycles. The number of halogens is 2. The van der Waals surface area contributed by atoms with Crippen LogP contribution in [-0.2, 0) is 31.2 Å². The lowest BCUT2D eigenvalue weighted by molar-refractivity contribution is 0.0385. The number of nitrogens with zero attached hydrogens (tertiary/aromatic N) is 1. The van der Waals surface area contributed by atoms with Gasteiger partial charge in [-0.15, -0.1) is 23.7 Å². The minimum Gasteiger partial charge on any atom is -0.379 e. The first kappa shape index (κ1) is 21.3. The van der Waals surface area contributed by atoms with Gasteiger partial charge in [-0.25, -0.2) is 27.1 Å². The normalized spacial score (nSPS) is 17.0. The summed E-state index contributed by atoms with van der Waals surface area (Å²) in [4.78, 5) is 2.28. The Balaban J connectivity index is 0.00000264. The Morgan fingerprint density at radius 3 is 2.13 bits per heavy atom. The SMILES string of the molecule is Cl.NS(=O)(=O)c1sc(CCN2CCOCC2)c(Br)c1S(N)(=O)=O. The molecule has 1 aromatic rings. The molecular weight excluding hydrogens is 454 g/mol. The quantitative estimate of drug-likeness (QED) is 0.627. The van der Waals surface area contributed by atoms with Gasteiger partial charge in [0.05, 0.1) is 17.7 Å². The molecule has 13 heteroatoms. The van der Waals surface area contributed by atoms with Gasteiger partial charge < -0.3 is 4.74 Å². The van der Waals surface area contributed by atoms with Crippen LogP contribution in [0.3, 0.4) is 0 Å². The van der Waals surface area contributed by atoms with Crippen LogP contribution in [0.5, 0.6) is 0 Å². The zero-order valence-electron chi connectivity index (χ0n) is 11.9. The van der Waals surface area contributed by atoms with E-state index in [2.05, 4.69) is 20.8 Å². The summed E-state index contributed by atoms with van der Waals surface area (Å²) < 4.78 is 51.5. The van der Waals surface area contributed by atoms with Gasteiger partial charge in [-0.1, -0.05) is 0 Å². The van der Waals surface area contributed by atoms with Gasteiger partial charge in [0.2, 0.25) is 20.0 Å². The first-order valence-electron chi connectivity index (χ1n) is 6.27. The van der Waals surface area contributed by atoms with Gasteiger partial charge in [-0.3, -0.25) is 4.90 Å². The lowest BCUT2D eigenvalue weighted by Crippen LogP contribution is -2.37. The number of thiophene rings is 1. The molecule has 23 heavy (non-hydrogen) atoms. The third-order valence-corrected chi connectivity index (χ3v) is 8.49. The van der Waals surface area contributed by atoms with E-state index in [-0.39, 0.29) is 16.9 Å². The summed E-state index contributed by atoms with van der Waals surface area (Å²) in [5.41, 5.74) is 0. The molecule has 1 aliphatic heterocycles. The molecule has 134 valence electrons. The van der Waals surface area contributed by atoms with E-state index in [0.29, 0.717) is 31.1 Å². The van der Waals surface area contributed by atoms with E-state index in [1.807, 2.05) is 0 Å². The largest absolute Gasteiger partial charge is 0.379 e. The topological polar surface area (TPSA) is 133 Å². The van der Waals surface area contributed by atoms with Crippen molar-refractivity contribution in [2.75, 3.05) is 32.8 Å². The number of nitrogens with two attached hydrogens (primary N) is 2. The highest BCUT2D eigenvalue weighted by Crippen LogP contribution is 2.38. The fourth-order valence-electron chi connectivity index (χ4n) is 2.09. The zero-order chi connectivity index (χ0) is 16.5. The van der Waals surface area contributed by atoms with Gasteiger partial charge in [-0.2, -0.15) is 0 Å². The number of morpholine rings is 1. The van der Waals surface area contributed by atoms with Crippen molar-refractivity contribution in [1.82, 2.24) is 4.90 Å². The Hall–Kier alpha value is 0.210. The van der Waals surface area contributed by atoms with Gasteiger partial charge in [0.25, 0.3) is 0 Å². The molecule has 0 atom stereocenters. The van der Waals surface area contributed by atoms with Gasteiger partial charge in [0, 0.05) is 24.5 Å². The summed E-state index contributed by atoms with van der Waals surface area (Å²) in [6, 6.07) is 0. The molecule has 1 saturated heterocycles. The van der Waals surface area contributed by atoms with Crippen LogP contribution < -0.4 is 10.3 Å². The summed E-state index contributed by atoms with van der Waals surface area (Å²) in [6.45, 7) is 3.53. The predicted molar refractivity (Wildman–Crippen MR) is 93.0 cm³/mol. The molecule has 0 unspecified atom stereocenters. The first-order valence-corrected chi connectivity index (χ1v) is 11.0. The standard InChI is InChI=1S/C10H16BrN3O5S3.ClH/c11-8-7(1-2-14-3-5-19-6-4-14)20-10(22(13,17)18)9(8)21(12,15)16;/h1-6H2,(H2,12,15,16)(H2,13,17,18);1H. The van der Waals surface area contributed by atoms with Gasteiger partial charge in [-0.05, 0) is 22.4 Å². The van der Waals surface area contributed by atoms with Crippen LogP contribution in [0.2, 0.25) is 0 Å². The molecule has 0 spiro atoms. The highest BCUT2D eigenvalue weighted by Gasteiger charge is 2.30. The van der Waals surface area contributed by atoms with E-state index in [1.54, 1.807) is 0 Å². The Kier molecular flexibility index (Phi) is 7.45. The molecule has 0 aliphatic carbocycles. The molecule has 1 aliphatic rings. The van der Waals surface area contributed by atoms with Crippen molar-refractivity contribution in [3.8, 4) is 0 Å². The maximum Gasteiger partial charge on any atom is 0.248 e. The van der Waals surface area contributed by atoms with Gasteiger partial charge >= 0.3 is 0 Å². The highest BCUT2D eigenvalue weighted by molar-refractivity contribution is 9.10. The van der Waals surface area contributed by atoms with E-state index in [0.717, 1.165) is 24.4 Å². The van der Waals surface area contributed by atoms with Crippen LogP contribution in [0.4, 0.5) is 0 Å². The van der Waals surface area contributed by atoms with Crippen LogP contribution in [0, 0.1) is 0 Å². The van der Waals surface area contributed by atoms with Crippen LogP contribution in [-0.4, -0.2) is 54.6 Å². The molecule has 4 N–H and O–H groups in total. The number of primary sulfonamides is 2. The van der Waals surface area contributed by atoms with E-state index in [1.165, 1.54) is 0 Å². The molecule has 2 heterocycles. The molecule has 1 fully saturated rings. The van der Waals surface area contributed by atoms with Crippen LogP contribution in [0.15, 0.2) is 13.6 Å². The van der Waals surface area contributed by atoms with Crippen LogP contribution in [0.1, 0.15) is 4.88 Å². The third-order valence-electron chi connectivity index (χ3n) is 3.15. The van der Waals surface area contributed by atoms with E-state index < -0.39 is 29.2 Å². The molecule has 2 rings (SSSR count). The number of rotatable bonds is 5. The van der Waals surface area contributed by atoms with Crippen molar-refractivity contribution in [2.45, 2.75) is 15.5 Å². The fraction of sp³-hybridized carbons (Fsp3) is 0.600. The summed E-state index contributed by atoms with van der Waals surface area (Å²) in [5, 5.41) is 10.2. The molecule has 8 nitrogen and oxygen atoms in total. The van der Waals surface area contributed by atoms with Crippen molar-refractivity contribution >= 4 is 59.7 Å². The lowest BCUT2D eigenvalue weighted by Gasteiger charge is -2.26. The van der Waals surface area contributed by atoms with Gasteiger partial charge in [0.1, 0.15) is 4.90 Å².